The number of ether oxygens (including phenoxy) is 3. The molecule has 0 heterocycles. The van der Waals surface area contributed by atoms with E-state index in [-0.39, 0.29) is 31.3 Å². The molecular formula is C22H20F3NO4. The largest absolute Gasteiger partial charge is 0.489 e. The van der Waals surface area contributed by atoms with Crippen LogP contribution in [0.3, 0.4) is 0 Å². The van der Waals surface area contributed by atoms with E-state index in [0.717, 1.165) is 29.0 Å². The maximum absolute atomic E-state index is 13.0. The van der Waals surface area contributed by atoms with Crippen LogP contribution >= 0.6 is 0 Å². The normalized spacial score (nSPS) is 11.3. The standard InChI is InChI=1S/C22H20F3NO4/c1-28-10-11-29-20-9-7-17(22(23,24)25)13-19(20)26-21(27)14-30-18-8-6-15-4-2-3-5-16(15)12-18/h2-9,12-13H,10-11,14H2,1H3,(H,26,27). The Hall–Kier alpha value is -3.26. The molecule has 3 rings (SSSR count). The first-order valence-electron chi connectivity index (χ1n) is 9.11. The molecule has 1 N–H and O–H groups in total. The fraction of sp³-hybridized carbons (Fsp3) is 0.227. The van der Waals surface area contributed by atoms with Gasteiger partial charge in [-0.05, 0) is 41.1 Å². The van der Waals surface area contributed by atoms with Gasteiger partial charge in [-0.25, -0.2) is 0 Å². The van der Waals surface area contributed by atoms with Gasteiger partial charge in [-0.3, -0.25) is 4.79 Å². The Balaban J connectivity index is 1.69. The Morgan fingerprint density at radius 3 is 2.43 bits per heavy atom. The van der Waals surface area contributed by atoms with E-state index in [9.17, 15) is 18.0 Å². The van der Waals surface area contributed by atoms with Crippen molar-refractivity contribution in [3.63, 3.8) is 0 Å². The maximum Gasteiger partial charge on any atom is 0.416 e. The van der Waals surface area contributed by atoms with Gasteiger partial charge < -0.3 is 19.5 Å². The molecule has 5 nitrogen and oxygen atoms in total. The summed E-state index contributed by atoms with van der Waals surface area (Å²) in [6.07, 6.45) is -4.55. The predicted octanol–water partition coefficient (Wildman–Crippen LogP) is 4.90. The fourth-order valence-corrected chi connectivity index (χ4v) is 2.76. The molecule has 0 saturated carbocycles. The van der Waals surface area contributed by atoms with Crippen molar-refractivity contribution in [3.8, 4) is 11.5 Å². The van der Waals surface area contributed by atoms with Crippen LogP contribution in [-0.2, 0) is 15.7 Å². The molecule has 0 saturated heterocycles. The summed E-state index contributed by atoms with van der Waals surface area (Å²) in [5.74, 6) is -0.0253. The van der Waals surface area contributed by atoms with Crippen molar-refractivity contribution in [2.24, 2.45) is 0 Å². The van der Waals surface area contributed by atoms with E-state index in [1.807, 2.05) is 30.3 Å². The first kappa shape index (κ1) is 21.4. The van der Waals surface area contributed by atoms with Crippen molar-refractivity contribution in [2.45, 2.75) is 6.18 Å². The summed E-state index contributed by atoms with van der Waals surface area (Å²) in [6.45, 7) is 0.00387. The fourth-order valence-electron chi connectivity index (χ4n) is 2.76. The summed E-state index contributed by atoms with van der Waals surface area (Å²) in [4.78, 5) is 12.3. The molecule has 3 aromatic carbocycles. The summed E-state index contributed by atoms with van der Waals surface area (Å²) in [5.41, 5.74) is -0.986. The molecule has 8 heteroatoms. The molecule has 0 aromatic heterocycles. The summed E-state index contributed by atoms with van der Waals surface area (Å²) in [7, 11) is 1.48. The Labute approximate surface area is 171 Å². The number of nitrogens with one attached hydrogen (secondary N) is 1. The third-order valence-electron chi connectivity index (χ3n) is 4.22. The summed E-state index contributed by atoms with van der Waals surface area (Å²) in [5, 5.41) is 4.40. The second-order valence-corrected chi connectivity index (χ2v) is 6.40. The lowest BCUT2D eigenvalue weighted by Crippen LogP contribution is -2.21. The summed E-state index contributed by atoms with van der Waals surface area (Å²) < 4.78 is 54.9. The second kappa shape index (κ2) is 9.49. The van der Waals surface area contributed by atoms with Crippen LogP contribution in [0.1, 0.15) is 5.56 Å². The highest BCUT2D eigenvalue weighted by Gasteiger charge is 2.31. The average Bonchev–Trinajstić information content (AvgIpc) is 2.72. The maximum atomic E-state index is 13.0. The molecular weight excluding hydrogens is 399 g/mol. The average molecular weight is 419 g/mol. The molecule has 0 bridgehead atoms. The second-order valence-electron chi connectivity index (χ2n) is 6.40. The SMILES string of the molecule is COCCOc1ccc(C(F)(F)F)cc1NC(=O)COc1ccc2ccccc2c1. The van der Waals surface area contributed by atoms with Crippen LogP contribution < -0.4 is 14.8 Å². The third kappa shape index (κ3) is 5.64. The van der Waals surface area contributed by atoms with E-state index < -0.39 is 17.6 Å². The van der Waals surface area contributed by atoms with Crippen LogP contribution in [0.25, 0.3) is 10.8 Å². The lowest BCUT2D eigenvalue weighted by molar-refractivity contribution is -0.137. The van der Waals surface area contributed by atoms with Crippen LogP contribution in [0.15, 0.2) is 60.7 Å². The van der Waals surface area contributed by atoms with Crippen molar-refractivity contribution in [2.75, 3.05) is 32.2 Å². The lowest BCUT2D eigenvalue weighted by atomic mass is 10.1. The molecule has 0 aliphatic heterocycles. The number of alkyl halides is 3. The molecule has 0 unspecified atom stereocenters. The molecule has 0 radical (unpaired) electrons. The van der Waals surface area contributed by atoms with E-state index in [0.29, 0.717) is 5.75 Å². The minimum absolute atomic E-state index is 0.0898. The molecule has 0 atom stereocenters. The van der Waals surface area contributed by atoms with E-state index >= 15 is 0 Å². The number of rotatable bonds is 8. The minimum Gasteiger partial charge on any atom is -0.489 e. The Morgan fingerprint density at radius 2 is 1.70 bits per heavy atom. The highest BCUT2D eigenvalue weighted by molar-refractivity contribution is 5.93. The number of benzene rings is 3. The zero-order chi connectivity index (χ0) is 21.6. The number of carbonyl (C=O) groups excluding carboxylic acids is 1. The number of fused-ring (bicyclic) bond motifs is 1. The van der Waals surface area contributed by atoms with Crippen LogP contribution in [0.2, 0.25) is 0 Å². The van der Waals surface area contributed by atoms with E-state index in [4.69, 9.17) is 14.2 Å². The van der Waals surface area contributed by atoms with E-state index in [1.54, 1.807) is 12.1 Å². The van der Waals surface area contributed by atoms with Crippen molar-refractivity contribution >= 4 is 22.4 Å². The van der Waals surface area contributed by atoms with Gasteiger partial charge in [-0.1, -0.05) is 30.3 Å². The number of amides is 1. The van der Waals surface area contributed by atoms with Crippen molar-refractivity contribution in [1.29, 1.82) is 0 Å². The lowest BCUT2D eigenvalue weighted by Gasteiger charge is -2.15. The molecule has 0 aliphatic rings. The summed E-state index contributed by atoms with van der Waals surface area (Å²) in [6, 6.07) is 15.9. The molecule has 158 valence electrons. The summed E-state index contributed by atoms with van der Waals surface area (Å²) >= 11 is 0. The van der Waals surface area contributed by atoms with Gasteiger partial charge in [0.15, 0.2) is 6.61 Å². The highest BCUT2D eigenvalue weighted by atomic mass is 19.4. The molecule has 30 heavy (non-hydrogen) atoms. The number of anilines is 1. The highest BCUT2D eigenvalue weighted by Crippen LogP contribution is 2.35. The van der Waals surface area contributed by atoms with Crippen LogP contribution in [0, 0.1) is 0 Å². The Kier molecular flexibility index (Phi) is 6.79. The number of halogens is 3. The molecule has 0 aliphatic carbocycles. The first-order chi connectivity index (χ1) is 14.4. The number of hydrogen-bond acceptors (Lipinski definition) is 4. The Bertz CT molecular complexity index is 1020. The van der Waals surface area contributed by atoms with Crippen molar-refractivity contribution in [3.05, 3.63) is 66.2 Å². The van der Waals surface area contributed by atoms with Crippen LogP contribution in [0.5, 0.6) is 11.5 Å². The number of carbonyl (C=O) groups is 1. The number of hydrogen-bond donors (Lipinski definition) is 1. The van der Waals surface area contributed by atoms with Gasteiger partial charge in [0.2, 0.25) is 0 Å². The molecule has 0 spiro atoms. The van der Waals surface area contributed by atoms with Gasteiger partial charge in [0, 0.05) is 7.11 Å². The van der Waals surface area contributed by atoms with Crippen LogP contribution in [-0.4, -0.2) is 32.8 Å². The van der Waals surface area contributed by atoms with Gasteiger partial charge in [0.1, 0.15) is 18.1 Å². The van der Waals surface area contributed by atoms with Gasteiger partial charge >= 0.3 is 6.18 Å². The molecule has 3 aromatic rings. The van der Waals surface area contributed by atoms with Gasteiger partial charge in [0.05, 0.1) is 17.9 Å². The number of methoxy groups -OCH3 is 1. The third-order valence-corrected chi connectivity index (χ3v) is 4.22. The van der Waals surface area contributed by atoms with E-state index in [1.165, 1.54) is 7.11 Å². The predicted molar refractivity (Wildman–Crippen MR) is 107 cm³/mol. The molecule has 1 amide bonds. The monoisotopic (exact) mass is 419 g/mol. The Morgan fingerprint density at radius 1 is 0.933 bits per heavy atom. The first-order valence-corrected chi connectivity index (χ1v) is 9.11. The smallest absolute Gasteiger partial charge is 0.416 e. The van der Waals surface area contributed by atoms with Gasteiger partial charge in [-0.2, -0.15) is 13.2 Å². The topological polar surface area (TPSA) is 56.8 Å². The van der Waals surface area contributed by atoms with Crippen molar-refractivity contribution < 1.29 is 32.2 Å². The quantitative estimate of drug-likeness (QED) is 0.528. The molecule has 0 fully saturated rings. The van der Waals surface area contributed by atoms with Crippen molar-refractivity contribution in [1.82, 2.24) is 0 Å². The zero-order valence-electron chi connectivity index (χ0n) is 16.2. The van der Waals surface area contributed by atoms with Gasteiger partial charge in [0.25, 0.3) is 5.91 Å². The minimum atomic E-state index is -4.55. The van der Waals surface area contributed by atoms with E-state index in [2.05, 4.69) is 5.32 Å². The van der Waals surface area contributed by atoms with Crippen LogP contribution in [0.4, 0.5) is 18.9 Å². The zero-order valence-corrected chi connectivity index (χ0v) is 16.2. The van der Waals surface area contributed by atoms with Gasteiger partial charge in [-0.15, -0.1) is 0 Å².